The van der Waals surface area contributed by atoms with Crippen LogP contribution in [0.15, 0.2) is 60.4 Å². The molecule has 0 spiro atoms. The number of benzene rings is 2. The van der Waals surface area contributed by atoms with Gasteiger partial charge in [-0.05, 0) is 24.6 Å². The van der Waals surface area contributed by atoms with Crippen molar-refractivity contribution in [3.05, 3.63) is 71.5 Å². The van der Waals surface area contributed by atoms with Gasteiger partial charge in [0.25, 0.3) is 0 Å². The van der Waals surface area contributed by atoms with Gasteiger partial charge in [-0.25, -0.2) is 4.79 Å². The van der Waals surface area contributed by atoms with Crippen LogP contribution in [0.5, 0.6) is 0 Å². The van der Waals surface area contributed by atoms with Gasteiger partial charge in [0.1, 0.15) is 5.76 Å². The number of ether oxygens (including phenoxy) is 2. The third kappa shape index (κ3) is 3.01. The number of rotatable bonds is 4. The number of esters is 2. The highest BCUT2D eigenvalue weighted by molar-refractivity contribution is 5.95. The molecule has 1 unspecified atom stereocenters. The zero-order valence-electron chi connectivity index (χ0n) is 14.1. The first-order chi connectivity index (χ1) is 12.1. The smallest absolute Gasteiger partial charge is 0.344 e. The Bertz CT molecular complexity index is 829. The highest BCUT2D eigenvalue weighted by Gasteiger charge is 2.50. The molecule has 0 fully saturated rings. The number of hydrogen-bond acceptors (Lipinski definition) is 5. The minimum absolute atomic E-state index is 0.198. The first-order valence-corrected chi connectivity index (χ1v) is 8.08. The molecule has 1 heterocycles. The van der Waals surface area contributed by atoms with E-state index in [1.807, 2.05) is 42.5 Å². The van der Waals surface area contributed by atoms with Crippen LogP contribution in [0.1, 0.15) is 25.0 Å². The topological polar surface area (TPSA) is 64.6 Å². The van der Waals surface area contributed by atoms with E-state index in [9.17, 15) is 9.59 Å². The number of fused-ring (bicyclic) bond motifs is 1. The van der Waals surface area contributed by atoms with Crippen LogP contribution in [0.4, 0.5) is 5.69 Å². The Morgan fingerprint density at radius 3 is 2.40 bits per heavy atom. The zero-order chi connectivity index (χ0) is 17.9. The van der Waals surface area contributed by atoms with E-state index in [2.05, 4.69) is 5.32 Å². The largest absolute Gasteiger partial charge is 0.464 e. The highest BCUT2D eigenvalue weighted by Crippen LogP contribution is 2.42. The third-order valence-electron chi connectivity index (χ3n) is 3.98. The standard InChI is InChI=1S/C20H19NO4/c1-3-24-19(23)20(16-10-5-4-6-11-16)18(25-14(2)22)13-15-9-7-8-12-17(15)21-20/h4-13,21H,3H2,1-2H3. The first kappa shape index (κ1) is 16.8. The van der Waals surface area contributed by atoms with Crippen molar-refractivity contribution in [2.75, 3.05) is 11.9 Å². The number of nitrogens with one attached hydrogen (secondary N) is 1. The number of para-hydroxylation sites is 1. The van der Waals surface area contributed by atoms with Crippen molar-refractivity contribution < 1.29 is 19.1 Å². The molecule has 25 heavy (non-hydrogen) atoms. The Hall–Kier alpha value is -3.08. The molecule has 3 rings (SSSR count). The van der Waals surface area contributed by atoms with E-state index in [-0.39, 0.29) is 12.4 Å². The average molecular weight is 337 g/mol. The Morgan fingerprint density at radius 2 is 1.72 bits per heavy atom. The monoisotopic (exact) mass is 337 g/mol. The maximum atomic E-state index is 13.0. The molecule has 0 radical (unpaired) electrons. The molecule has 5 nitrogen and oxygen atoms in total. The summed E-state index contributed by atoms with van der Waals surface area (Å²) in [6.45, 7) is 3.26. The third-order valence-corrected chi connectivity index (χ3v) is 3.98. The molecule has 1 N–H and O–H groups in total. The van der Waals surface area contributed by atoms with Crippen molar-refractivity contribution >= 4 is 23.7 Å². The number of anilines is 1. The van der Waals surface area contributed by atoms with E-state index >= 15 is 0 Å². The molecule has 1 atom stereocenters. The van der Waals surface area contributed by atoms with Crippen LogP contribution in [0.3, 0.4) is 0 Å². The van der Waals surface area contributed by atoms with Crippen LogP contribution in [0.2, 0.25) is 0 Å². The molecule has 0 aliphatic carbocycles. The highest BCUT2D eigenvalue weighted by atomic mass is 16.6. The SMILES string of the molecule is CCOC(=O)C1(c2ccccc2)Nc2ccccc2C=C1OC(C)=O. The lowest BCUT2D eigenvalue weighted by molar-refractivity contribution is -0.150. The van der Waals surface area contributed by atoms with Crippen molar-refractivity contribution in [3.8, 4) is 0 Å². The lowest BCUT2D eigenvalue weighted by Gasteiger charge is -2.37. The summed E-state index contributed by atoms with van der Waals surface area (Å²) < 4.78 is 10.8. The van der Waals surface area contributed by atoms with E-state index in [4.69, 9.17) is 9.47 Å². The molecule has 1 aliphatic rings. The fourth-order valence-corrected chi connectivity index (χ4v) is 2.92. The van der Waals surface area contributed by atoms with Gasteiger partial charge in [-0.3, -0.25) is 4.79 Å². The molecule has 1 aliphatic heterocycles. The summed E-state index contributed by atoms with van der Waals surface area (Å²) in [6.07, 6.45) is 1.71. The Balaban J connectivity index is 2.24. The maximum absolute atomic E-state index is 13.0. The van der Waals surface area contributed by atoms with Crippen molar-refractivity contribution in [3.63, 3.8) is 0 Å². The van der Waals surface area contributed by atoms with E-state index in [0.29, 0.717) is 5.56 Å². The molecular weight excluding hydrogens is 318 g/mol. The molecule has 0 bridgehead atoms. The van der Waals surface area contributed by atoms with E-state index in [1.54, 1.807) is 25.1 Å². The fraction of sp³-hybridized carbons (Fsp3) is 0.200. The lowest BCUT2D eigenvalue weighted by Crippen LogP contribution is -2.49. The van der Waals surface area contributed by atoms with Gasteiger partial charge in [0, 0.05) is 18.2 Å². The predicted molar refractivity (Wildman–Crippen MR) is 94.6 cm³/mol. The predicted octanol–water partition coefficient (Wildman–Crippen LogP) is 3.47. The van der Waals surface area contributed by atoms with Crippen LogP contribution in [-0.4, -0.2) is 18.5 Å². The molecule has 0 aromatic heterocycles. The summed E-state index contributed by atoms with van der Waals surface area (Å²) in [5.41, 5.74) is 0.803. The van der Waals surface area contributed by atoms with Gasteiger partial charge < -0.3 is 14.8 Å². The van der Waals surface area contributed by atoms with Crippen LogP contribution >= 0.6 is 0 Å². The van der Waals surface area contributed by atoms with E-state index < -0.39 is 17.5 Å². The summed E-state index contributed by atoms with van der Waals surface area (Å²) in [5, 5.41) is 3.25. The molecule has 2 aromatic carbocycles. The minimum atomic E-state index is -1.42. The lowest BCUT2D eigenvalue weighted by atomic mass is 9.83. The summed E-state index contributed by atoms with van der Waals surface area (Å²) in [6, 6.07) is 16.6. The van der Waals surface area contributed by atoms with Crippen molar-refractivity contribution in [1.29, 1.82) is 0 Å². The molecule has 0 saturated heterocycles. The summed E-state index contributed by atoms with van der Waals surface area (Å²) in [5.74, 6) is -0.830. The first-order valence-electron chi connectivity index (χ1n) is 8.08. The second-order valence-corrected chi connectivity index (χ2v) is 5.65. The average Bonchev–Trinajstić information content (AvgIpc) is 2.61. The number of carbonyl (C=O) groups is 2. The van der Waals surface area contributed by atoms with Crippen LogP contribution in [0, 0.1) is 0 Å². The van der Waals surface area contributed by atoms with Crippen LogP contribution in [-0.2, 0) is 24.6 Å². The summed E-state index contributed by atoms with van der Waals surface area (Å²) in [4.78, 5) is 24.7. The summed E-state index contributed by atoms with van der Waals surface area (Å²) in [7, 11) is 0. The van der Waals surface area contributed by atoms with E-state index in [0.717, 1.165) is 11.3 Å². The summed E-state index contributed by atoms with van der Waals surface area (Å²) >= 11 is 0. The quantitative estimate of drug-likeness (QED) is 0.866. The minimum Gasteiger partial charge on any atom is -0.464 e. The second kappa shape index (κ2) is 6.81. The second-order valence-electron chi connectivity index (χ2n) is 5.65. The normalized spacial score (nSPS) is 18.4. The molecule has 0 saturated carbocycles. The number of hydrogen-bond donors (Lipinski definition) is 1. The van der Waals surface area contributed by atoms with Gasteiger partial charge >= 0.3 is 11.9 Å². The van der Waals surface area contributed by atoms with Gasteiger partial charge in [0.05, 0.1) is 6.61 Å². The zero-order valence-corrected chi connectivity index (χ0v) is 14.1. The Kier molecular flexibility index (Phi) is 4.57. The van der Waals surface area contributed by atoms with Crippen molar-refractivity contribution in [1.82, 2.24) is 0 Å². The molecule has 0 amide bonds. The Labute approximate surface area is 146 Å². The fourth-order valence-electron chi connectivity index (χ4n) is 2.92. The van der Waals surface area contributed by atoms with Gasteiger partial charge in [-0.1, -0.05) is 48.5 Å². The van der Waals surface area contributed by atoms with Gasteiger partial charge in [0.15, 0.2) is 0 Å². The van der Waals surface area contributed by atoms with E-state index in [1.165, 1.54) is 6.92 Å². The molecule has 2 aromatic rings. The molecular formula is C20H19NO4. The molecule has 5 heteroatoms. The van der Waals surface area contributed by atoms with Crippen LogP contribution in [0.25, 0.3) is 6.08 Å². The van der Waals surface area contributed by atoms with Crippen molar-refractivity contribution in [2.45, 2.75) is 19.4 Å². The van der Waals surface area contributed by atoms with Gasteiger partial charge in [-0.15, -0.1) is 0 Å². The van der Waals surface area contributed by atoms with Crippen molar-refractivity contribution in [2.24, 2.45) is 0 Å². The number of carbonyl (C=O) groups excluding carboxylic acids is 2. The van der Waals surface area contributed by atoms with Gasteiger partial charge in [-0.2, -0.15) is 0 Å². The maximum Gasteiger partial charge on any atom is 0.344 e. The van der Waals surface area contributed by atoms with Crippen LogP contribution < -0.4 is 5.32 Å². The Morgan fingerprint density at radius 1 is 1.04 bits per heavy atom. The van der Waals surface area contributed by atoms with Gasteiger partial charge in [0.2, 0.25) is 5.54 Å². The molecule has 128 valence electrons.